The molecule has 0 unspecified atom stereocenters. The van der Waals surface area contributed by atoms with E-state index >= 15 is 0 Å². The number of rotatable bonds is 8. The van der Waals surface area contributed by atoms with Gasteiger partial charge in [-0.2, -0.15) is 0 Å². The molecule has 0 saturated carbocycles. The maximum Gasteiger partial charge on any atom is 0.335 e. The fourth-order valence-electron chi connectivity index (χ4n) is 1.69. The highest BCUT2D eigenvalue weighted by molar-refractivity contribution is 5.87. The number of carboxylic acids is 1. The van der Waals surface area contributed by atoms with Gasteiger partial charge >= 0.3 is 5.97 Å². The number of carbonyl (C=O) groups is 1. The van der Waals surface area contributed by atoms with Gasteiger partial charge in [-0.05, 0) is 17.7 Å². The van der Waals surface area contributed by atoms with Gasteiger partial charge in [-0.15, -0.1) is 0 Å². The second-order valence-electron chi connectivity index (χ2n) is 4.00. The molecule has 0 aliphatic heterocycles. The Morgan fingerprint density at radius 2 is 2.17 bits per heavy atom. The van der Waals surface area contributed by atoms with E-state index in [4.69, 9.17) is 14.9 Å². The summed E-state index contributed by atoms with van der Waals surface area (Å²) in [6.07, 6.45) is 0. The molecule has 0 aliphatic rings. The fraction of sp³-hybridized carbons (Fsp3) is 0.462. The van der Waals surface area contributed by atoms with Crippen LogP contribution in [0.2, 0.25) is 0 Å². The van der Waals surface area contributed by atoms with Crippen LogP contribution in [0.1, 0.15) is 15.9 Å². The van der Waals surface area contributed by atoms with E-state index in [9.17, 15) is 4.79 Å². The Kier molecular flexibility index (Phi) is 6.35. The number of benzene rings is 1. The Labute approximate surface area is 107 Å². The summed E-state index contributed by atoms with van der Waals surface area (Å²) in [6, 6.07) is 6.83. The topological polar surface area (TPSA) is 70.0 Å². The van der Waals surface area contributed by atoms with Gasteiger partial charge in [-0.3, -0.25) is 4.90 Å². The van der Waals surface area contributed by atoms with Crippen molar-refractivity contribution in [2.24, 2.45) is 0 Å². The zero-order valence-electron chi connectivity index (χ0n) is 10.5. The molecule has 0 aliphatic carbocycles. The molecule has 0 saturated heterocycles. The first-order valence-corrected chi connectivity index (χ1v) is 5.81. The first-order chi connectivity index (χ1) is 8.67. The molecule has 5 heteroatoms. The Morgan fingerprint density at radius 3 is 2.78 bits per heavy atom. The lowest BCUT2D eigenvalue weighted by molar-refractivity contribution is 0.0696. The van der Waals surface area contributed by atoms with Crippen LogP contribution < -0.4 is 0 Å². The van der Waals surface area contributed by atoms with Crippen LogP contribution >= 0.6 is 0 Å². The largest absolute Gasteiger partial charge is 0.478 e. The lowest BCUT2D eigenvalue weighted by atomic mass is 10.1. The summed E-state index contributed by atoms with van der Waals surface area (Å²) in [4.78, 5) is 12.9. The van der Waals surface area contributed by atoms with Gasteiger partial charge < -0.3 is 14.9 Å². The molecule has 0 radical (unpaired) electrons. The van der Waals surface area contributed by atoms with Gasteiger partial charge in [0.05, 0.1) is 18.8 Å². The Balaban J connectivity index is 2.67. The lowest BCUT2D eigenvalue weighted by Crippen LogP contribution is -2.29. The molecule has 0 fully saturated rings. The Hall–Kier alpha value is -1.43. The van der Waals surface area contributed by atoms with Crippen molar-refractivity contribution >= 4 is 5.97 Å². The van der Waals surface area contributed by atoms with E-state index in [2.05, 4.69) is 0 Å². The van der Waals surface area contributed by atoms with Crippen LogP contribution in [0, 0.1) is 0 Å². The third-order valence-corrected chi connectivity index (χ3v) is 2.61. The molecule has 5 nitrogen and oxygen atoms in total. The average Bonchev–Trinajstić information content (AvgIpc) is 2.36. The Morgan fingerprint density at radius 1 is 1.39 bits per heavy atom. The van der Waals surface area contributed by atoms with E-state index in [0.717, 1.165) is 5.56 Å². The van der Waals surface area contributed by atoms with Crippen molar-refractivity contribution in [1.29, 1.82) is 0 Å². The lowest BCUT2D eigenvalue weighted by Gasteiger charge is -2.21. The summed E-state index contributed by atoms with van der Waals surface area (Å²) in [7, 11) is 1.63. The maximum atomic E-state index is 10.9. The standard InChI is InChI=1S/C13H19NO4/c1-18-8-6-14(5-7-15)10-11-3-2-4-12(9-11)13(16)17/h2-4,9,15H,5-8,10H2,1H3,(H,16,17). The zero-order chi connectivity index (χ0) is 13.4. The van der Waals surface area contributed by atoms with Crippen molar-refractivity contribution in [3.05, 3.63) is 35.4 Å². The first kappa shape index (κ1) is 14.6. The average molecular weight is 253 g/mol. The van der Waals surface area contributed by atoms with Crippen molar-refractivity contribution in [3.8, 4) is 0 Å². The normalized spacial score (nSPS) is 10.8. The van der Waals surface area contributed by atoms with Crippen molar-refractivity contribution in [1.82, 2.24) is 4.90 Å². The molecular formula is C13H19NO4. The van der Waals surface area contributed by atoms with Crippen LogP contribution in [0.25, 0.3) is 0 Å². The number of ether oxygens (including phenoxy) is 1. The summed E-state index contributed by atoms with van der Waals surface area (Å²) in [6.45, 7) is 2.50. The van der Waals surface area contributed by atoms with E-state index in [0.29, 0.717) is 26.2 Å². The summed E-state index contributed by atoms with van der Waals surface area (Å²) < 4.78 is 5.00. The summed E-state index contributed by atoms with van der Waals surface area (Å²) in [5.41, 5.74) is 1.20. The minimum Gasteiger partial charge on any atom is -0.478 e. The van der Waals surface area contributed by atoms with Crippen LogP contribution in [-0.4, -0.2) is 54.5 Å². The van der Waals surface area contributed by atoms with Crippen molar-refractivity contribution in [2.75, 3.05) is 33.4 Å². The third kappa shape index (κ3) is 4.83. The summed E-state index contributed by atoms with van der Waals surface area (Å²) in [5.74, 6) is -0.928. The molecule has 0 bridgehead atoms. The highest BCUT2D eigenvalue weighted by Crippen LogP contribution is 2.08. The molecule has 0 amide bonds. The number of nitrogens with zero attached hydrogens (tertiary/aromatic N) is 1. The predicted octanol–water partition coefficient (Wildman–Crippen LogP) is 0.825. The number of hydrogen-bond donors (Lipinski definition) is 2. The molecule has 1 aromatic rings. The van der Waals surface area contributed by atoms with E-state index in [1.807, 2.05) is 11.0 Å². The maximum absolute atomic E-state index is 10.9. The second kappa shape index (κ2) is 7.81. The van der Waals surface area contributed by atoms with Crippen molar-refractivity contribution in [3.63, 3.8) is 0 Å². The van der Waals surface area contributed by atoms with Crippen LogP contribution in [0.15, 0.2) is 24.3 Å². The molecule has 0 atom stereocenters. The predicted molar refractivity (Wildman–Crippen MR) is 67.6 cm³/mol. The van der Waals surface area contributed by atoms with Crippen LogP contribution in [0.5, 0.6) is 0 Å². The smallest absolute Gasteiger partial charge is 0.335 e. The van der Waals surface area contributed by atoms with E-state index < -0.39 is 5.97 Å². The van der Waals surface area contributed by atoms with Gasteiger partial charge in [-0.25, -0.2) is 4.79 Å². The quantitative estimate of drug-likeness (QED) is 0.718. The minimum atomic E-state index is -0.928. The minimum absolute atomic E-state index is 0.0718. The molecule has 0 aromatic heterocycles. The number of carboxylic acid groups (broad SMARTS) is 1. The summed E-state index contributed by atoms with van der Waals surface area (Å²) in [5, 5.41) is 17.9. The van der Waals surface area contributed by atoms with Crippen molar-refractivity contribution < 1.29 is 19.7 Å². The number of aliphatic hydroxyl groups excluding tert-OH is 1. The van der Waals surface area contributed by atoms with E-state index in [1.54, 1.807) is 25.3 Å². The van der Waals surface area contributed by atoms with E-state index in [1.165, 1.54) is 0 Å². The van der Waals surface area contributed by atoms with Crippen LogP contribution in [-0.2, 0) is 11.3 Å². The monoisotopic (exact) mass is 253 g/mol. The third-order valence-electron chi connectivity index (χ3n) is 2.61. The van der Waals surface area contributed by atoms with Crippen LogP contribution in [0.4, 0.5) is 0 Å². The van der Waals surface area contributed by atoms with Gasteiger partial charge in [0.15, 0.2) is 0 Å². The molecular weight excluding hydrogens is 234 g/mol. The molecule has 2 N–H and O–H groups in total. The highest BCUT2D eigenvalue weighted by Gasteiger charge is 2.08. The number of methoxy groups -OCH3 is 1. The SMILES string of the molecule is COCCN(CCO)Cc1cccc(C(=O)O)c1. The van der Waals surface area contributed by atoms with Gasteiger partial charge in [0.1, 0.15) is 0 Å². The van der Waals surface area contributed by atoms with Crippen LogP contribution in [0.3, 0.4) is 0 Å². The highest BCUT2D eigenvalue weighted by atomic mass is 16.5. The molecule has 1 aromatic carbocycles. The van der Waals surface area contributed by atoms with E-state index in [-0.39, 0.29) is 12.2 Å². The number of aromatic carboxylic acids is 1. The molecule has 0 heterocycles. The molecule has 100 valence electrons. The molecule has 18 heavy (non-hydrogen) atoms. The van der Waals surface area contributed by atoms with Gasteiger partial charge in [-0.1, -0.05) is 12.1 Å². The molecule has 0 spiro atoms. The van der Waals surface area contributed by atoms with Gasteiger partial charge in [0, 0.05) is 26.7 Å². The van der Waals surface area contributed by atoms with Gasteiger partial charge in [0.2, 0.25) is 0 Å². The van der Waals surface area contributed by atoms with Crippen molar-refractivity contribution in [2.45, 2.75) is 6.54 Å². The second-order valence-corrected chi connectivity index (χ2v) is 4.00. The first-order valence-electron chi connectivity index (χ1n) is 5.81. The Bertz CT molecular complexity index is 381. The fourth-order valence-corrected chi connectivity index (χ4v) is 1.69. The van der Waals surface area contributed by atoms with Gasteiger partial charge in [0.25, 0.3) is 0 Å². The number of hydrogen-bond acceptors (Lipinski definition) is 4. The summed E-state index contributed by atoms with van der Waals surface area (Å²) >= 11 is 0. The number of aliphatic hydroxyl groups is 1. The molecule has 1 rings (SSSR count). The zero-order valence-corrected chi connectivity index (χ0v) is 10.5.